The summed E-state index contributed by atoms with van der Waals surface area (Å²) in [6, 6.07) is 0. The van der Waals surface area contributed by atoms with Crippen LogP contribution in [-0.4, -0.2) is 48.8 Å². The molecular weight excluding hydrogens is 340 g/mol. The molecule has 0 aromatic rings. The smallest absolute Gasteiger partial charge is 0.305 e. The van der Waals surface area contributed by atoms with Gasteiger partial charge in [-0.2, -0.15) is 0 Å². The highest BCUT2D eigenvalue weighted by Gasteiger charge is 2.73. The Hall–Kier alpha value is -1.60. The summed E-state index contributed by atoms with van der Waals surface area (Å²) >= 11 is 0. The van der Waals surface area contributed by atoms with Gasteiger partial charge in [0.2, 0.25) is 6.29 Å². The Balaban J connectivity index is 1.71. The monoisotopic (exact) mass is 366 g/mol. The predicted octanol–water partition coefficient (Wildman–Crippen LogP) is 1.39. The van der Waals surface area contributed by atoms with E-state index in [1.165, 1.54) is 13.8 Å². The summed E-state index contributed by atoms with van der Waals surface area (Å²) in [5.74, 6) is -0.597. The van der Waals surface area contributed by atoms with E-state index in [-0.39, 0.29) is 29.1 Å². The van der Waals surface area contributed by atoms with Gasteiger partial charge in [0.1, 0.15) is 0 Å². The number of hydrogen-bond acceptors (Lipinski definition) is 7. The molecule has 0 aromatic carbocycles. The van der Waals surface area contributed by atoms with Gasteiger partial charge in [0.15, 0.2) is 0 Å². The van der Waals surface area contributed by atoms with Crippen molar-refractivity contribution in [1.29, 1.82) is 0 Å². The molecule has 2 saturated carbocycles. The Morgan fingerprint density at radius 3 is 2.77 bits per heavy atom. The van der Waals surface area contributed by atoms with Crippen molar-refractivity contribution in [2.45, 2.75) is 45.5 Å². The third kappa shape index (κ3) is 2.63. The van der Waals surface area contributed by atoms with E-state index < -0.39 is 17.9 Å². The van der Waals surface area contributed by atoms with E-state index in [0.29, 0.717) is 32.2 Å². The highest BCUT2D eigenvalue weighted by Crippen LogP contribution is 2.71. The zero-order valence-electron chi connectivity index (χ0n) is 15.4. The minimum atomic E-state index is -1.02. The summed E-state index contributed by atoms with van der Waals surface area (Å²) in [6.07, 6.45) is 2.20. The first-order chi connectivity index (χ1) is 12.3. The molecule has 4 aliphatic rings. The van der Waals surface area contributed by atoms with Crippen LogP contribution in [0.1, 0.15) is 33.6 Å². The molecule has 3 fully saturated rings. The van der Waals surface area contributed by atoms with Crippen LogP contribution in [0.5, 0.6) is 0 Å². The van der Waals surface area contributed by atoms with Crippen LogP contribution >= 0.6 is 0 Å². The van der Waals surface area contributed by atoms with Crippen LogP contribution in [0.3, 0.4) is 0 Å². The van der Waals surface area contributed by atoms with Crippen molar-refractivity contribution in [3.63, 3.8) is 0 Å². The van der Waals surface area contributed by atoms with Crippen LogP contribution in [0.25, 0.3) is 0 Å². The van der Waals surface area contributed by atoms with Crippen molar-refractivity contribution in [2.75, 3.05) is 19.8 Å². The summed E-state index contributed by atoms with van der Waals surface area (Å²) in [7, 11) is 0. The van der Waals surface area contributed by atoms with Gasteiger partial charge in [-0.3, -0.25) is 9.59 Å². The molecule has 1 N–H and O–H groups in total. The molecular formula is C19H26O7. The number of rotatable bonds is 3. The first-order valence-corrected chi connectivity index (χ1v) is 9.21. The van der Waals surface area contributed by atoms with E-state index in [9.17, 15) is 14.7 Å². The molecule has 0 radical (unpaired) electrons. The molecule has 26 heavy (non-hydrogen) atoms. The summed E-state index contributed by atoms with van der Waals surface area (Å²) < 4.78 is 22.4. The van der Waals surface area contributed by atoms with Crippen LogP contribution in [0.15, 0.2) is 11.8 Å². The quantitative estimate of drug-likeness (QED) is 0.755. The van der Waals surface area contributed by atoms with Crippen molar-refractivity contribution in [3.05, 3.63) is 11.8 Å². The molecule has 7 heteroatoms. The lowest BCUT2D eigenvalue weighted by molar-refractivity contribution is -0.211. The number of fused-ring (bicyclic) bond motifs is 1. The number of ether oxygens (including phenoxy) is 4. The SMILES string of the molecule is CC(=O)OCC12COCC3=COC(OC(C)=O)C4C3C1C2CCC4(C)O. The van der Waals surface area contributed by atoms with Crippen molar-refractivity contribution in [3.8, 4) is 0 Å². The molecule has 0 spiro atoms. The van der Waals surface area contributed by atoms with Gasteiger partial charge in [0.05, 0.1) is 37.6 Å². The number of hydrogen-bond donors (Lipinski definition) is 1. The van der Waals surface area contributed by atoms with E-state index in [2.05, 4.69) is 0 Å². The van der Waals surface area contributed by atoms with Crippen LogP contribution < -0.4 is 0 Å². The van der Waals surface area contributed by atoms with E-state index in [4.69, 9.17) is 18.9 Å². The number of carbonyl (C=O) groups is 2. The molecule has 7 atom stereocenters. The molecule has 0 aromatic heterocycles. The van der Waals surface area contributed by atoms with E-state index in [1.54, 1.807) is 13.2 Å². The first kappa shape index (κ1) is 17.8. The summed E-state index contributed by atoms with van der Waals surface area (Å²) in [5.41, 5.74) is -0.258. The molecule has 4 rings (SSSR count). The second-order valence-electron chi connectivity index (χ2n) is 8.39. The van der Waals surface area contributed by atoms with Gasteiger partial charge in [-0.1, -0.05) is 0 Å². The van der Waals surface area contributed by atoms with Crippen molar-refractivity contribution in [2.24, 2.45) is 29.1 Å². The maximum absolute atomic E-state index is 11.6. The molecule has 1 saturated heterocycles. The Labute approximate surface area is 152 Å². The lowest BCUT2D eigenvalue weighted by Crippen LogP contribution is -2.51. The van der Waals surface area contributed by atoms with Crippen molar-refractivity contribution in [1.82, 2.24) is 0 Å². The van der Waals surface area contributed by atoms with Gasteiger partial charge in [0, 0.05) is 25.2 Å². The van der Waals surface area contributed by atoms with Crippen LogP contribution in [-0.2, 0) is 28.5 Å². The largest absolute Gasteiger partial charge is 0.465 e. The van der Waals surface area contributed by atoms with Crippen LogP contribution in [0, 0.1) is 29.1 Å². The standard InChI is InChI=1S/C19H26O7/c1-10(20)25-9-19-8-23-6-12-7-24-17(26-11(2)21)16-14(12)15(19)13(19)4-5-18(16,3)22/h7,13-17,22H,4-6,8-9H2,1-3H3. The molecule has 7 unspecified atom stereocenters. The van der Waals surface area contributed by atoms with Crippen molar-refractivity contribution >= 4 is 11.9 Å². The van der Waals surface area contributed by atoms with Crippen LogP contribution in [0.4, 0.5) is 0 Å². The maximum Gasteiger partial charge on any atom is 0.305 e. The van der Waals surface area contributed by atoms with E-state index >= 15 is 0 Å². The Morgan fingerprint density at radius 1 is 1.31 bits per heavy atom. The predicted molar refractivity (Wildman–Crippen MR) is 88.4 cm³/mol. The Kier molecular flexibility index (Phi) is 4.08. The fourth-order valence-electron chi connectivity index (χ4n) is 5.59. The summed E-state index contributed by atoms with van der Waals surface area (Å²) in [4.78, 5) is 22.9. The minimum Gasteiger partial charge on any atom is -0.465 e. The van der Waals surface area contributed by atoms with Gasteiger partial charge >= 0.3 is 11.9 Å². The van der Waals surface area contributed by atoms with Crippen molar-refractivity contribution < 1.29 is 33.6 Å². The number of aliphatic hydroxyl groups is 1. The fraction of sp³-hybridized carbons (Fsp3) is 0.789. The third-order valence-corrected chi connectivity index (χ3v) is 6.72. The molecule has 0 amide bonds. The molecule has 0 bridgehead atoms. The maximum atomic E-state index is 11.6. The van der Waals surface area contributed by atoms with Gasteiger partial charge in [-0.05, 0) is 37.2 Å². The third-order valence-electron chi connectivity index (χ3n) is 6.72. The Morgan fingerprint density at radius 2 is 2.08 bits per heavy atom. The van der Waals surface area contributed by atoms with Crippen LogP contribution in [0.2, 0.25) is 0 Å². The summed E-state index contributed by atoms with van der Waals surface area (Å²) in [5, 5.41) is 11.2. The average Bonchev–Trinajstić information content (AvgIpc) is 3.22. The van der Waals surface area contributed by atoms with Gasteiger partial charge in [0.25, 0.3) is 0 Å². The first-order valence-electron chi connectivity index (χ1n) is 9.21. The Bertz CT molecular complexity index is 654. The lowest BCUT2D eigenvalue weighted by Gasteiger charge is -2.44. The zero-order chi connectivity index (χ0) is 18.7. The van der Waals surface area contributed by atoms with E-state index in [1.807, 2.05) is 0 Å². The highest BCUT2D eigenvalue weighted by atomic mass is 16.7. The number of esters is 2. The summed E-state index contributed by atoms with van der Waals surface area (Å²) in [6.45, 7) is 5.82. The van der Waals surface area contributed by atoms with Gasteiger partial charge < -0.3 is 24.1 Å². The normalized spacial score (nSPS) is 45.8. The second kappa shape index (κ2) is 5.96. The second-order valence-corrected chi connectivity index (χ2v) is 8.39. The fourth-order valence-corrected chi connectivity index (χ4v) is 5.59. The average molecular weight is 366 g/mol. The van der Waals surface area contributed by atoms with Gasteiger partial charge in [-0.15, -0.1) is 0 Å². The van der Waals surface area contributed by atoms with E-state index in [0.717, 1.165) is 12.0 Å². The molecule has 2 heterocycles. The topological polar surface area (TPSA) is 91.3 Å². The molecule has 2 aliphatic heterocycles. The molecule has 7 nitrogen and oxygen atoms in total. The minimum absolute atomic E-state index is 0.0198. The molecule has 2 aliphatic carbocycles. The zero-order valence-corrected chi connectivity index (χ0v) is 15.4. The highest BCUT2D eigenvalue weighted by molar-refractivity contribution is 5.66. The van der Waals surface area contributed by atoms with Gasteiger partial charge in [-0.25, -0.2) is 0 Å². The molecule has 144 valence electrons. The number of carbonyl (C=O) groups excluding carboxylic acids is 2. The lowest BCUT2D eigenvalue weighted by atomic mass is 9.70.